The average Bonchev–Trinajstić information content (AvgIpc) is 1.78. The third-order valence-corrected chi connectivity index (χ3v) is 15.1. The summed E-state index contributed by atoms with van der Waals surface area (Å²) < 4.78 is 25.2. The summed E-state index contributed by atoms with van der Waals surface area (Å²) in [6.45, 7) is 5.93. The van der Waals surface area contributed by atoms with E-state index in [0.29, 0.717) is 61.1 Å². The second-order valence-electron chi connectivity index (χ2n) is 19.8. The summed E-state index contributed by atoms with van der Waals surface area (Å²) in [7, 11) is -1.00. The number of imidazole rings is 3. The first-order valence-corrected chi connectivity index (χ1v) is 28.0. The zero-order valence-corrected chi connectivity index (χ0v) is 48.4. The van der Waals surface area contributed by atoms with Crippen LogP contribution in [0.3, 0.4) is 0 Å². The number of H-pyrrole nitrogens is 3. The van der Waals surface area contributed by atoms with E-state index in [1.165, 1.54) is 23.4 Å². The van der Waals surface area contributed by atoms with Crippen molar-refractivity contribution >= 4 is 90.7 Å². The number of anilines is 3. The van der Waals surface area contributed by atoms with Gasteiger partial charge in [0.05, 0.1) is 101 Å². The van der Waals surface area contributed by atoms with E-state index >= 15 is 0 Å². The summed E-state index contributed by atoms with van der Waals surface area (Å²) in [6.07, 6.45) is 12.6. The van der Waals surface area contributed by atoms with Gasteiger partial charge in [0.15, 0.2) is 34.4 Å². The molecule has 0 fully saturated rings. The molecule has 12 aromatic heterocycles. The van der Waals surface area contributed by atoms with E-state index in [2.05, 4.69) is 75.8 Å². The predicted octanol–water partition coefficient (Wildman–Crippen LogP) is 11.3. The van der Waals surface area contributed by atoms with Crippen LogP contribution in [-0.4, -0.2) is 93.9 Å². The molecule has 3 unspecified atom stereocenters. The standard InChI is InChI=1S/2C20H16ClN7O.C20H17N7O.CH3F.CH4/c1-12(26-19-17-18(23-10-22-17)24-11-25-19)15-9-16-14(21)7-8-27(16)20(29)28(15)13-5-3-2-4-6-13;1-12(26-19-17-18(23-10-22-17)24-11-25-19)15-9-14-7-8-16(21)28(14)20(29)27(15)13-5-3-2-4-6-13;1-13(25-19-17-18(22-11-21-17)23-12-24-19)16-10-15-8-5-9-26(15)20(28)27(16)14-6-3-2-4-7-14;1-2;/h2*2-12H,1H3,(H2,22,23,24,25,26);2-13H,1H3,(H2,21,22,23,24,25);1H3;1H4/i;;;1D;. The topological polar surface area (TPSA) is 279 Å². The van der Waals surface area contributed by atoms with Crippen molar-refractivity contribution in [1.29, 1.82) is 0 Å². The normalized spacial score (nSPS) is 12.3. The van der Waals surface area contributed by atoms with Gasteiger partial charge < -0.3 is 30.9 Å². The van der Waals surface area contributed by atoms with Crippen molar-refractivity contribution in [2.75, 3.05) is 23.1 Å². The van der Waals surface area contributed by atoms with Crippen LogP contribution in [0.5, 0.6) is 0 Å². The molecule has 15 aromatic rings. The summed E-state index contributed by atoms with van der Waals surface area (Å²) in [5.74, 6) is 1.85. The molecule has 0 aliphatic carbocycles. The molecule has 6 N–H and O–H groups in total. The highest BCUT2D eigenvalue weighted by atomic mass is 35.5. The molecule has 0 aliphatic heterocycles. The fraction of sp³-hybridized carbons (Fsp3) is 0.129. The van der Waals surface area contributed by atoms with Crippen LogP contribution in [-0.2, 0) is 0 Å². The third-order valence-electron chi connectivity index (χ3n) is 14.4. The molecule has 0 radical (unpaired) electrons. The predicted molar refractivity (Wildman–Crippen MR) is 344 cm³/mol. The van der Waals surface area contributed by atoms with Gasteiger partial charge in [-0.1, -0.05) is 85.2 Å². The van der Waals surface area contributed by atoms with E-state index in [9.17, 15) is 18.8 Å². The number of hydrogen-bond acceptors (Lipinski definition) is 15. The lowest BCUT2D eigenvalue weighted by Crippen LogP contribution is -2.30. The number of nitrogens with zero attached hydrogens (tertiary/aromatic N) is 15. The van der Waals surface area contributed by atoms with Crippen LogP contribution in [0.15, 0.2) is 204 Å². The fourth-order valence-electron chi connectivity index (χ4n) is 10.4. The highest BCUT2D eigenvalue weighted by molar-refractivity contribution is 6.34. The van der Waals surface area contributed by atoms with Crippen LogP contribution in [0.2, 0.25) is 10.2 Å². The highest BCUT2D eigenvalue weighted by Gasteiger charge is 2.23. The molecule has 0 aliphatic rings. The van der Waals surface area contributed by atoms with Gasteiger partial charge in [0, 0.05) is 12.4 Å². The van der Waals surface area contributed by atoms with Gasteiger partial charge in [0.2, 0.25) is 0 Å². The zero-order valence-electron chi connectivity index (χ0n) is 47.9. The van der Waals surface area contributed by atoms with Gasteiger partial charge in [-0.15, -0.1) is 0 Å². The van der Waals surface area contributed by atoms with Crippen molar-refractivity contribution < 1.29 is 5.76 Å². The minimum Gasteiger partial charge on any atom is -0.360 e. The lowest BCUT2D eigenvalue weighted by molar-refractivity contribution is 0.636. The van der Waals surface area contributed by atoms with Gasteiger partial charge in [-0.05, 0) is 106 Å². The number of rotatable bonds is 12. The molecule has 15 rings (SSSR count). The lowest BCUT2D eigenvalue weighted by Gasteiger charge is -2.21. The first-order valence-electron chi connectivity index (χ1n) is 27.9. The Morgan fingerprint density at radius 2 is 0.876 bits per heavy atom. The lowest BCUT2D eigenvalue weighted by atomic mass is 10.2. The summed E-state index contributed by atoms with van der Waals surface area (Å²) in [4.78, 5) is 86.9. The number of nitrogens with one attached hydrogen (secondary N) is 6. The molecule has 0 saturated carbocycles. The van der Waals surface area contributed by atoms with Crippen molar-refractivity contribution in [2.45, 2.75) is 46.3 Å². The number of hydrogen-bond donors (Lipinski definition) is 6. The maximum Gasteiger partial charge on any atom is 0.338 e. The number of benzene rings is 3. The van der Waals surface area contributed by atoms with Crippen LogP contribution in [0.4, 0.5) is 21.8 Å². The minimum absolute atomic E-state index is 0. The molecule has 27 heteroatoms. The van der Waals surface area contributed by atoms with Crippen molar-refractivity contribution in [2.24, 2.45) is 0 Å². The Kier molecular flexibility index (Phi) is 16.8. The van der Waals surface area contributed by atoms with E-state index < -0.39 is 7.15 Å². The maximum absolute atomic E-state index is 13.3. The summed E-state index contributed by atoms with van der Waals surface area (Å²) in [5.41, 5.74) is 10.2. The maximum atomic E-state index is 13.3. The summed E-state index contributed by atoms with van der Waals surface area (Å²) in [6, 6.07) is 42.8. The Hall–Kier alpha value is -11.3. The SMILES string of the molecule is C.CC(Nc1ncnc2nc[nH]c12)c1cc2c(Cl)ccn2c(=O)n1-c1ccccc1.CC(Nc1ncnc2nc[nH]c12)c1cc2ccc(Cl)n2c(=O)n1-c1ccccc1.CC(Nc1ncnc2nc[nH]c12)c1cc2cccn2c(=O)n1-c1ccccc1.[2H]CF. The van der Waals surface area contributed by atoms with Crippen molar-refractivity contribution in [1.82, 2.24) is 86.7 Å². The monoisotopic (exact) mass is 1230 g/mol. The molecule has 3 atom stereocenters. The van der Waals surface area contributed by atoms with Gasteiger partial charge in [0.1, 0.15) is 40.7 Å². The molecular formula is C62H56Cl2FN21O3. The van der Waals surface area contributed by atoms with Crippen molar-refractivity contribution in [3.05, 3.63) is 249 Å². The summed E-state index contributed by atoms with van der Waals surface area (Å²) in [5, 5.41) is 11.0. The van der Waals surface area contributed by atoms with Crippen molar-refractivity contribution in [3.8, 4) is 17.1 Å². The molecular weight excluding hydrogens is 1180 g/mol. The largest absolute Gasteiger partial charge is 0.360 e. The number of halogens is 3. The third kappa shape index (κ3) is 11.5. The minimum atomic E-state index is -1.00. The number of para-hydroxylation sites is 3. The van der Waals surface area contributed by atoms with Gasteiger partial charge in [-0.2, -0.15) is 0 Å². The number of alkyl halides is 1. The van der Waals surface area contributed by atoms with E-state index in [-0.39, 0.29) is 42.6 Å². The molecule has 0 amide bonds. The molecule has 24 nitrogen and oxygen atoms in total. The van der Waals surface area contributed by atoms with Crippen LogP contribution in [0, 0.1) is 0 Å². The molecule has 12 heterocycles. The fourth-order valence-corrected chi connectivity index (χ4v) is 10.8. The number of fused-ring (bicyclic) bond motifs is 6. The molecule has 89 heavy (non-hydrogen) atoms. The van der Waals surface area contributed by atoms with E-state index in [1.54, 1.807) is 66.0 Å². The molecule has 0 spiro atoms. The Morgan fingerprint density at radius 3 is 1.33 bits per heavy atom. The zero-order chi connectivity index (χ0) is 61.7. The highest BCUT2D eigenvalue weighted by Crippen LogP contribution is 2.29. The van der Waals surface area contributed by atoms with Crippen LogP contribution in [0.1, 0.15) is 64.8 Å². The Balaban J connectivity index is 0.000000135. The van der Waals surface area contributed by atoms with Crippen LogP contribution >= 0.6 is 23.2 Å². The first-order chi connectivity index (χ1) is 43.4. The number of aromatic amines is 3. The Bertz CT molecular complexity index is 5160. The van der Waals surface area contributed by atoms with Crippen LogP contribution < -0.4 is 33.0 Å². The number of aromatic nitrogens is 18. The molecule has 0 bridgehead atoms. The quantitative estimate of drug-likeness (QED) is 0.0663. The summed E-state index contributed by atoms with van der Waals surface area (Å²) >= 11 is 12.6. The smallest absolute Gasteiger partial charge is 0.338 e. The molecule has 3 aromatic carbocycles. The Labute approximate surface area is 515 Å². The van der Waals surface area contributed by atoms with E-state index in [0.717, 1.165) is 50.7 Å². The Morgan fingerprint density at radius 1 is 0.472 bits per heavy atom. The van der Waals surface area contributed by atoms with Crippen molar-refractivity contribution in [3.63, 3.8) is 0 Å². The van der Waals surface area contributed by atoms with Gasteiger partial charge in [-0.25, -0.2) is 59.2 Å². The van der Waals surface area contributed by atoms with Gasteiger partial charge >= 0.3 is 17.1 Å². The first kappa shape index (κ1) is 58.1. The second kappa shape index (κ2) is 25.7. The van der Waals surface area contributed by atoms with E-state index in [4.69, 9.17) is 24.6 Å². The molecule has 0 saturated heterocycles. The van der Waals surface area contributed by atoms with E-state index in [1.807, 2.05) is 148 Å². The van der Waals surface area contributed by atoms with Gasteiger partial charge in [0.25, 0.3) is 0 Å². The molecule has 448 valence electrons. The second-order valence-corrected chi connectivity index (χ2v) is 20.6. The average molecular weight is 1230 g/mol. The van der Waals surface area contributed by atoms with Gasteiger partial charge in [-0.3, -0.25) is 31.3 Å². The van der Waals surface area contributed by atoms with Crippen LogP contribution in [0.25, 0.3) is 67.1 Å².